The third-order valence-corrected chi connectivity index (χ3v) is 5.94. The average Bonchev–Trinajstić information content (AvgIpc) is 3.00. The maximum atomic E-state index is 12.0. The van der Waals surface area contributed by atoms with Crippen molar-refractivity contribution >= 4 is 32.7 Å². The van der Waals surface area contributed by atoms with Crippen molar-refractivity contribution in [2.24, 2.45) is 10.2 Å². The second-order valence-corrected chi connectivity index (χ2v) is 8.36. The van der Waals surface area contributed by atoms with E-state index in [9.17, 15) is 18.5 Å². The monoisotopic (exact) mass is 414 g/mol. The molecule has 0 aliphatic carbocycles. The van der Waals surface area contributed by atoms with Gasteiger partial charge in [0, 0.05) is 6.07 Å². The summed E-state index contributed by atoms with van der Waals surface area (Å²) in [6.45, 7) is 3.15. The lowest BCUT2D eigenvalue weighted by molar-refractivity contribution is -0.384. The SMILES string of the molecule is CCS(=O)(=O)c1ccc(N=Nc2c(C)nn(-c3ccccc3)c2N)c([N+](=O)[O-])c1. The summed E-state index contributed by atoms with van der Waals surface area (Å²) in [6, 6.07) is 12.7. The van der Waals surface area contributed by atoms with E-state index in [2.05, 4.69) is 15.3 Å². The fraction of sp³-hybridized carbons (Fsp3) is 0.167. The third-order valence-electron chi connectivity index (χ3n) is 4.20. The molecule has 0 spiro atoms. The van der Waals surface area contributed by atoms with Crippen molar-refractivity contribution in [1.29, 1.82) is 0 Å². The summed E-state index contributed by atoms with van der Waals surface area (Å²) in [5, 5.41) is 23.7. The number of hydrogen-bond donors (Lipinski definition) is 1. The number of para-hydroxylation sites is 1. The van der Waals surface area contributed by atoms with Gasteiger partial charge in [0.1, 0.15) is 0 Å². The summed E-state index contributed by atoms with van der Waals surface area (Å²) in [7, 11) is -3.59. The van der Waals surface area contributed by atoms with E-state index in [4.69, 9.17) is 5.73 Å². The van der Waals surface area contributed by atoms with E-state index in [1.165, 1.54) is 23.7 Å². The lowest BCUT2D eigenvalue weighted by Gasteiger charge is -2.03. The Morgan fingerprint density at radius 3 is 2.48 bits per heavy atom. The van der Waals surface area contributed by atoms with Crippen molar-refractivity contribution in [3.63, 3.8) is 0 Å². The minimum Gasteiger partial charge on any atom is -0.382 e. The van der Waals surface area contributed by atoms with Gasteiger partial charge in [-0.3, -0.25) is 10.1 Å². The molecule has 0 bridgehead atoms. The van der Waals surface area contributed by atoms with Gasteiger partial charge in [-0.15, -0.1) is 10.2 Å². The molecule has 150 valence electrons. The number of nitro benzene ring substituents is 1. The molecule has 3 rings (SSSR count). The summed E-state index contributed by atoms with van der Waals surface area (Å²) in [4.78, 5) is 10.5. The minimum atomic E-state index is -3.59. The Labute approximate surface area is 166 Å². The molecule has 2 aromatic carbocycles. The van der Waals surface area contributed by atoms with Gasteiger partial charge in [-0.25, -0.2) is 13.1 Å². The smallest absolute Gasteiger partial charge is 0.298 e. The highest BCUT2D eigenvalue weighted by Gasteiger charge is 2.21. The quantitative estimate of drug-likeness (QED) is 0.368. The van der Waals surface area contributed by atoms with Crippen LogP contribution < -0.4 is 5.73 Å². The Morgan fingerprint density at radius 2 is 1.86 bits per heavy atom. The van der Waals surface area contributed by atoms with Crippen LogP contribution in [0.5, 0.6) is 0 Å². The molecule has 0 fully saturated rings. The van der Waals surface area contributed by atoms with E-state index in [0.717, 1.165) is 11.8 Å². The van der Waals surface area contributed by atoms with Crippen molar-refractivity contribution in [3.8, 4) is 5.69 Å². The van der Waals surface area contributed by atoms with Crippen molar-refractivity contribution in [2.75, 3.05) is 11.5 Å². The standard InChI is InChI=1S/C18H18N6O4S/c1-3-29(27,28)14-9-10-15(16(11-14)24(25)26)20-21-17-12(2)22-23(18(17)19)13-7-5-4-6-8-13/h4-11H,3,19H2,1-2H3. The maximum Gasteiger partial charge on any atom is 0.298 e. The highest BCUT2D eigenvalue weighted by atomic mass is 32.2. The van der Waals surface area contributed by atoms with Gasteiger partial charge < -0.3 is 5.73 Å². The topological polar surface area (TPSA) is 146 Å². The van der Waals surface area contributed by atoms with Crippen LogP contribution in [0.2, 0.25) is 0 Å². The zero-order valence-corrected chi connectivity index (χ0v) is 16.5. The van der Waals surface area contributed by atoms with Crippen molar-refractivity contribution in [2.45, 2.75) is 18.7 Å². The van der Waals surface area contributed by atoms with E-state index in [-0.39, 0.29) is 27.8 Å². The number of anilines is 1. The molecule has 0 unspecified atom stereocenters. The highest BCUT2D eigenvalue weighted by Crippen LogP contribution is 2.34. The fourth-order valence-corrected chi connectivity index (χ4v) is 3.52. The number of aromatic nitrogens is 2. The van der Waals surface area contributed by atoms with Crippen LogP contribution in [-0.4, -0.2) is 28.9 Å². The molecule has 10 nitrogen and oxygen atoms in total. The second-order valence-electron chi connectivity index (χ2n) is 6.08. The van der Waals surface area contributed by atoms with E-state index in [1.807, 2.05) is 30.3 Å². The predicted molar refractivity (Wildman–Crippen MR) is 108 cm³/mol. The zero-order chi connectivity index (χ0) is 21.2. The Balaban J connectivity index is 2.03. The summed E-state index contributed by atoms with van der Waals surface area (Å²) < 4.78 is 25.5. The zero-order valence-electron chi connectivity index (χ0n) is 15.7. The van der Waals surface area contributed by atoms with Crippen LogP contribution >= 0.6 is 0 Å². The van der Waals surface area contributed by atoms with Gasteiger partial charge in [0.05, 0.1) is 27.0 Å². The lowest BCUT2D eigenvalue weighted by atomic mass is 10.3. The van der Waals surface area contributed by atoms with Crippen LogP contribution in [0.15, 0.2) is 63.7 Å². The first-order chi connectivity index (χ1) is 13.7. The van der Waals surface area contributed by atoms with E-state index < -0.39 is 20.4 Å². The highest BCUT2D eigenvalue weighted by molar-refractivity contribution is 7.91. The van der Waals surface area contributed by atoms with Gasteiger partial charge in [-0.2, -0.15) is 5.10 Å². The molecule has 1 heterocycles. The van der Waals surface area contributed by atoms with E-state index >= 15 is 0 Å². The molecule has 11 heteroatoms. The Morgan fingerprint density at radius 1 is 1.17 bits per heavy atom. The average molecular weight is 414 g/mol. The molecule has 1 aromatic heterocycles. The predicted octanol–water partition coefficient (Wildman–Crippen LogP) is 3.88. The molecule has 0 aliphatic heterocycles. The number of hydrogen-bond acceptors (Lipinski definition) is 8. The first-order valence-electron chi connectivity index (χ1n) is 8.58. The lowest BCUT2D eigenvalue weighted by Crippen LogP contribution is -2.04. The maximum absolute atomic E-state index is 12.0. The van der Waals surface area contributed by atoms with Gasteiger partial charge in [-0.05, 0) is 31.2 Å². The second kappa shape index (κ2) is 7.80. The Hall–Kier alpha value is -3.60. The van der Waals surface area contributed by atoms with Gasteiger partial charge in [0.15, 0.2) is 27.0 Å². The molecular weight excluding hydrogens is 396 g/mol. The van der Waals surface area contributed by atoms with Crippen molar-refractivity contribution in [1.82, 2.24) is 9.78 Å². The molecule has 0 saturated heterocycles. The first-order valence-corrected chi connectivity index (χ1v) is 10.2. The largest absolute Gasteiger partial charge is 0.382 e. The molecule has 0 aliphatic rings. The van der Waals surface area contributed by atoms with Crippen molar-refractivity contribution < 1.29 is 13.3 Å². The van der Waals surface area contributed by atoms with Crippen molar-refractivity contribution in [3.05, 3.63) is 64.3 Å². The van der Waals surface area contributed by atoms with Gasteiger partial charge in [0.25, 0.3) is 5.69 Å². The number of aryl methyl sites for hydroxylation is 1. The third kappa shape index (κ3) is 3.99. The Kier molecular flexibility index (Phi) is 5.41. The molecule has 3 aromatic rings. The molecule has 2 N–H and O–H groups in total. The summed E-state index contributed by atoms with van der Waals surface area (Å²) in [5.74, 6) is 0.0599. The number of rotatable bonds is 6. The number of nitrogens with two attached hydrogens (primary N) is 1. The molecule has 0 atom stereocenters. The molecular formula is C18H18N6O4S. The summed E-state index contributed by atoms with van der Waals surface area (Å²) in [5.41, 5.74) is 7.07. The molecule has 29 heavy (non-hydrogen) atoms. The summed E-state index contributed by atoms with van der Waals surface area (Å²) in [6.07, 6.45) is 0. The number of nitrogen functional groups attached to an aromatic ring is 1. The Bertz CT molecular complexity index is 1200. The fourth-order valence-electron chi connectivity index (χ4n) is 2.62. The van der Waals surface area contributed by atoms with Gasteiger partial charge >= 0.3 is 0 Å². The normalized spacial score (nSPS) is 11.8. The first kappa shape index (κ1) is 20.1. The number of benzene rings is 2. The summed E-state index contributed by atoms with van der Waals surface area (Å²) >= 11 is 0. The van der Waals surface area contributed by atoms with Crippen LogP contribution in [0.25, 0.3) is 5.69 Å². The van der Waals surface area contributed by atoms with Gasteiger partial charge in [-0.1, -0.05) is 25.1 Å². The van der Waals surface area contributed by atoms with E-state index in [0.29, 0.717) is 5.69 Å². The number of azo groups is 1. The molecule has 0 radical (unpaired) electrons. The number of nitro groups is 1. The van der Waals surface area contributed by atoms with Crippen LogP contribution in [0.3, 0.4) is 0 Å². The minimum absolute atomic E-state index is 0.0867. The number of sulfone groups is 1. The molecule has 0 saturated carbocycles. The van der Waals surface area contributed by atoms with Gasteiger partial charge in [0.2, 0.25) is 0 Å². The van der Waals surface area contributed by atoms with E-state index in [1.54, 1.807) is 6.92 Å². The van der Waals surface area contributed by atoms with Crippen LogP contribution in [-0.2, 0) is 9.84 Å². The van der Waals surface area contributed by atoms with Crippen LogP contribution in [0.1, 0.15) is 12.6 Å². The van der Waals surface area contributed by atoms with Crippen LogP contribution in [0.4, 0.5) is 22.9 Å². The number of nitrogens with zero attached hydrogens (tertiary/aromatic N) is 5. The molecule has 0 amide bonds. The van der Waals surface area contributed by atoms with Crippen LogP contribution in [0, 0.1) is 17.0 Å².